The van der Waals surface area contributed by atoms with Crippen LogP contribution in [-0.4, -0.2) is 41.7 Å². The summed E-state index contributed by atoms with van der Waals surface area (Å²) in [7, 11) is 0. The molecule has 4 rings (SSSR count). The van der Waals surface area contributed by atoms with Crippen molar-refractivity contribution in [3.05, 3.63) is 56.1 Å². The Bertz CT molecular complexity index is 1000. The van der Waals surface area contributed by atoms with Crippen LogP contribution in [0.3, 0.4) is 0 Å². The number of ether oxygens (including phenoxy) is 1. The zero-order valence-electron chi connectivity index (χ0n) is 19.7. The van der Waals surface area contributed by atoms with E-state index < -0.39 is 11.3 Å². The summed E-state index contributed by atoms with van der Waals surface area (Å²) >= 11 is 1.64. The van der Waals surface area contributed by atoms with Gasteiger partial charge in [0.15, 0.2) is 0 Å². The molecule has 2 aliphatic rings. The molecule has 3 heterocycles. The minimum Gasteiger partial charge on any atom is -0.376 e. The van der Waals surface area contributed by atoms with Gasteiger partial charge in [-0.15, -0.1) is 11.3 Å². The molecular formula is C26H35N3O4S. The quantitative estimate of drug-likeness (QED) is 0.593. The normalized spacial score (nSPS) is 19.4. The average molecular weight is 486 g/mol. The number of hydrogen-bond donors (Lipinski definition) is 2. The summed E-state index contributed by atoms with van der Waals surface area (Å²) in [6.45, 7) is 1.67. The van der Waals surface area contributed by atoms with Crippen molar-refractivity contribution in [2.75, 3.05) is 13.2 Å². The smallest absolute Gasteiger partial charge is 0.256 e. The highest BCUT2D eigenvalue weighted by atomic mass is 32.1. The maximum Gasteiger partial charge on any atom is 0.256 e. The third-order valence-electron chi connectivity index (χ3n) is 6.68. The SMILES string of the molecule is O=C(NCCc1cccs1)c1cn(C[C@H]2CCCO2)cc(C(=O)NC2CCCCCCC2)c1=O. The Kier molecular flexibility index (Phi) is 8.93. The van der Waals surface area contributed by atoms with Gasteiger partial charge >= 0.3 is 0 Å². The van der Waals surface area contributed by atoms with Crippen molar-refractivity contribution < 1.29 is 14.3 Å². The molecule has 1 aliphatic heterocycles. The third-order valence-corrected chi connectivity index (χ3v) is 7.62. The Morgan fingerprint density at radius 1 is 1.00 bits per heavy atom. The minimum atomic E-state index is -0.513. The molecule has 1 aliphatic carbocycles. The van der Waals surface area contributed by atoms with Crippen molar-refractivity contribution >= 4 is 23.2 Å². The van der Waals surface area contributed by atoms with Crippen molar-refractivity contribution in [1.82, 2.24) is 15.2 Å². The molecule has 34 heavy (non-hydrogen) atoms. The minimum absolute atomic E-state index is 0.00879. The summed E-state index contributed by atoms with van der Waals surface area (Å²) in [4.78, 5) is 40.5. The lowest BCUT2D eigenvalue weighted by Gasteiger charge is -2.21. The number of amides is 2. The number of nitrogens with zero attached hydrogens (tertiary/aromatic N) is 1. The van der Waals surface area contributed by atoms with Crippen molar-refractivity contribution in [3.63, 3.8) is 0 Å². The van der Waals surface area contributed by atoms with E-state index in [1.54, 1.807) is 28.3 Å². The number of nitrogens with one attached hydrogen (secondary N) is 2. The molecule has 1 saturated carbocycles. The first kappa shape index (κ1) is 24.7. The molecule has 0 aromatic carbocycles. The van der Waals surface area contributed by atoms with E-state index in [0.717, 1.165) is 45.1 Å². The molecule has 8 heteroatoms. The average Bonchev–Trinajstić information content (AvgIpc) is 3.51. The van der Waals surface area contributed by atoms with E-state index in [0.29, 0.717) is 19.5 Å². The molecule has 2 amide bonds. The number of pyridine rings is 1. The Hall–Kier alpha value is -2.45. The van der Waals surface area contributed by atoms with Crippen LogP contribution in [0, 0.1) is 0 Å². The summed E-state index contributed by atoms with van der Waals surface area (Å²) in [5.41, 5.74) is -0.471. The second-order valence-electron chi connectivity index (χ2n) is 9.35. The number of aromatic nitrogens is 1. The van der Waals surface area contributed by atoms with E-state index >= 15 is 0 Å². The van der Waals surface area contributed by atoms with Crippen LogP contribution < -0.4 is 16.1 Å². The van der Waals surface area contributed by atoms with Gasteiger partial charge in [-0.2, -0.15) is 0 Å². The van der Waals surface area contributed by atoms with Crippen molar-refractivity contribution in [2.24, 2.45) is 0 Å². The summed E-state index contributed by atoms with van der Waals surface area (Å²) in [5.74, 6) is -0.826. The van der Waals surface area contributed by atoms with Gasteiger partial charge in [0.1, 0.15) is 11.1 Å². The maximum atomic E-state index is 13.2. The van der Waals surface area contributed by atoms with Gasteiger partial charge in [0.05, 0.1) is 6.10 Å². The van der Waals surface area contributed by atoms with Gasteiger partial charge in [-0.1, -0.05) is 38.2 Å². The monoisotopic (exact) mass is 485 g/mol. The lowest BCUT2D eigenvalue weighted by molar-refractivity contribution is 0.0914. The lowest BCUT2D eigenvalue weighted by atomic mass is 9.96. The fourth-order valence-corrected chi connectivity index (χ4v) is 5.51. The van der Waals surface area contributed by atoms with Crippen LogP contribution in [0.25, 0.3) is 0 Å². The van der Waals surface area contributed by atoms with E-state index in [2.05, 4.69) is 10.6 Å². The fraction of sp³-hybridized carbons (Fsp3) is 0.577. The van der Waals surface area contributed by atoms with Crippen molar-refractivity contribution in [3.8, 4) is 0 Å². The van der Waals surface area contributed by atoms with E-state index in [-0.39, 0.29) is 29.2 Å². The zero-order valence-corrected chi connectivity index (χ0v) is 20.5. The second kappa shape index (κ2) is 12.3. The Balaban J connectivity index is 1.51. The largest absolute Gasteiger partial charge is 0.376 e. The molecule has 2 N–H and O–H groups in total. The molecule has 0 bridgehead atoms. The molecule has 184 valence electrons. The van der Waals surface area contributed by atoms with Gasteiger partial charge < -0.3 is 19.9 Å². The Morgan fingerprint density at radius 2 is 1.74 bits per heavy atom. The molecule has 7 nitrogen and oxygen atoms in total. The molecule has 2 aromatic rings. The van der Waals surface area contributed by atoms with E-state index in [4.69, 9.17) is 4.74 Å². The molecule has 1 atom stereocenters. The van der Waals surface area contributed by atoms with Crippen LogP contribution >= 0.6 is 11.3 Å². The van der Waals surface area contributed by atoms with Gasteiger partial charge in [0, 0.05) is 43.0 Å². The van der Waals surface area contributed by atoms with Crippen LogP contribution in [0.4, 0.5) is 0 Å². The van der Waals surface area contributed by atoms with Crippen molar-refractivity contribution in [1.29, 1.82) is 0 Å². The number of rotatable bonds is 8. The van der Waals surface area contributed by atoms with Crippen LogP contribution in [0.2, 0.25) is 0 Å². The van der Waals surface area contributed by atoms with E-state index in [9.17, 15) is 14.4 Å². The Labute approximate surface area is 204 Å². The predicted octanol–water partition coefficient (Wildman–Crippen LogP) is 3.90. The Morgan fingerprint density at radius 3 is 2.41 bits per heavy atom. The maximum absolute atomic E-state index is 13.2. The fourth-order valence-electron chi connectivity index (χ4n) is 4.80. The first-order valence-corrected chi connectivity index (χ1v) is 13.5. The highest BCUT2D eigenvalue weighted by Crippen LogP contribution is 2.18. The second-order valence-corrected chi connectivity index (χ2v) is 10.4. The topological polar surface area (TPSA) is 89.4 Å². The summed E-state index contributed by atoms with van der Waals surface area (Å²) in [6, 6.07) is 4.07. The number of thiophene rings is 1. The molecule has 0 spiro atoms. The highest BCUT2D eigenvalue weighted by Gasteiger charge is 2.23. The van der Waals surface area contributed by atoms with Crippen LogP contribution in [0.5, 0.6) is 0 Å². The predicted molar refractivity (Wildman–Crippen MR) is 134 cm³/mol. The molecular weight excluding hydrogens is 450 g/mol. The summed E-state index contributed by atoms with van der Waals surface area (Å²) < 4.78 is 7.52. The summed E-state index contributed by atoms with van der Waals surface area (Å²) in [5, 5.41) is 7.93. The van der Waals surface area contributed by atoms with Gasteiger partial charge in [0.2, 0.25) is 5.43 Å². The van der Waals surface area contributed by atoms with Crippen LogP contribution in [-0.2, 0) is 17.7 Å². The molecule has 0 unspecified atom stereocenters. The first-order valence-electron chi connectivity index (χ1n) is 12.6. The number of hydrogen-bond acceptors (Lipinski definition) is 5. The van der Waals surface area contributed by atoms with Gasteiger partial charge in [0.25, 0.3) is 11.8 Å². The van der Waals surface area contributed by atoms with Crippen LogP contribution in [0.15, 0.2) is 34.7 Å². The lowest BCUT2D eigenvalue weighted by Crippen LogP contribution is -2.40. The van der Waals surface area contributed by atoms with Gasteiger partial charge in [-0.05, 0) is 43.6 Å². The van der Waals surface area contributed by atoms with Crippen LogP contribution in [0.1, 0.15) is 83.4 Å². The van der Waals surface area contributed by atoms with Gasteiger partial charge in [-0.25, -0.2) is 0 Å². The number of carbonyl (C=O) groups is 2. The summed E-state index contributed by atoms with van der Waals surface area (Å²) in [6.07, 6.45) is 13.4. The van der Waals surface area contributed by atoms with E-state index in [1.807, 2.05) is 17.5 Å². The standard InChI is InChI=1S/C26H35N3O4S/c30-24-22(25(31)27-13-12-21-11-7-15-34-21)17-29(16-20-10-6-14-33-20)18-23(24)26(32)28-19-8-4-2-1-3-5-9-19/h7,11,15,17-20H,1-6,8-10,12-14,16H2,(H,27,31)(H,28,32)/t20-/m1/s1. The number of carbonyl (C=O) groups excluding carboxylic acids is 2. The van der Waals surface area contributed by atoms with E-state index in [1.165, 1.54) is 24.1 Å². The molecule has 2 aromatic heterocycles. The third kappa shape index (κ3) is 6.79. The van der Waals surface area contributed by atoms with Crippen molar-refractivity contribution in [2.45, 2.75) is 82.9 Å². The molecule has 1 saturated heterocycles. The molecule has 0 radical (unpaired) electrons. The highest BCUT2D eigenvalue weighted by molar-refractivity contribution is 7.09. The zero-order chi connectivity index (χ0) is 23.8. The van der Waals surface area contributed by atoms with Gasteiger partial charge in [-0.3, -0.25) is 14.4 Å². The first-order chi connectivity index (χ1) is 16.6. The molecule has 2 fully saturated rings.